The number of carbonyl (C=O) groups excluding carboxylic acids is 2. The third-order valence-electron chi connectivity index (χ3n) is 6.12. The number of hydrogen-bond donors (Lipinski definition) is 1. The van der Waals surface area contributed by atoms with Gasteiger partial charge in [0.05, 0.1) is 11.6 Å². The summed E-state index contributed by atoms with van der Waals surface area (Å²) in [6.45, 7) is 5.55. The second kappa shape index (κ2) is 9.38. The number of amides is 2. The third-order valence-corrected chi connectivity index (χ3v) is 6.12. The highest BCUT2D eigenvalue weighted by molar-refractivity contribution is 5.91. The van der Waals surface area contributed by atoms with E-state index in [-0.39, 0.29) is 17.7 Å². The van der Waals surface area contributed by atoms with Crippen molar-refractivity contribution >= 4 is 11.8 Å². The molecule has 0 aliphatic carbocycles. The van der Waals surface area contributed by atoms with Gasteiger partial charge in [-0.25, -0.2) is 0 Å². The first-order valence-corrected chi connectivity index (χ1v) is 10.7. The highest BCUT2D eigenvalue weighted by Crippen LogP contribution is 2.25. The molecule has 1 N–H and O–H groups in total. The summed E-state index contributed by atoms with van der Waals surface area (Å²) in [5.41, 5.74) is 1.73. The van der Waals surface area contributed by atoms with Gasteiger partial charge in [-0.05, 0) is 50.8 Å². The molecule has 0 unspecified atom stereocenters. The van der Waals surface area contributed by atoms with Gasteiger partial charge in [0, 0.05) is 50.7 Å². The van der Waals surface area contributed by atoms with Crippen molar-refractivity contribution in [2.75, 3.05) is 26.2 Å². The van der Waals surface area contributed by atoms with Crippen molar-refractivity contribution in [3.05, 3.63) is 47.6 Å². The van der Waals surface area contributed by atoms with E-state index in [9.17, 15) is 9.59 Å². The molecule has 8 nitrogen and oxygen atoms in total. The SMILES string of the molecule is Cc1cc(C(=O)N2CCC(N3CCC[C@H](C(=O)NCc4cccnc4)C3)CC2)on1. The number of piperidine rings is 2. The van der Waals surface area contributed by atoms with Crippen molar-refractivity contribution in [2.24, 2.45) is 5.92 Å². The fraction of sp³-hybridized carbons (Fsp3) is 0.545. The second-order valence-electron chi connectivity index (χ2n) is 8.27. The predicted octanol–water partition coefficient (Wildman–Crippen LogP) is 2.01. The van der Waals surface area contributed by atoms with E-state index >= 15 is 0 Å². The molecular formula is C22H29N5O3. The molecule has 2 aromatic heterocycles. The van der Waals surface area contributed by atoms with Gasteiger partial charge in [-0.15, -0.1) is 0 Å². The van der Waals surface area contributed by atoms with Crippen LogP contribution >= 0.6 is 0 Å². The minimum absolute atomic E-state index is 0.0206. The molecule has 1 atom stereocenters. The van der Waals surface area contributed by atoms with Crippen molar-refractivity contribution in [3.8, 4) is 0 Å². The monoisotopic (exact) mass is 411 g/mol. The predicted molar refractivity (Wildman–Crippen MR) is 111 cm³/mol. The van der Waals surface area contributed by atoms with Crippen LogP contribution in [0, 0.1) is 12.8 Å². The van der Waals surface area contributed by atoms with Crippen LogP contribution in [0.5, 0.6) is 0 Å². The fourth-order valence-electron chi connectivity index (χ4n) is 4.44. The summed E-state index contributed by atoms with van der Waals surface area (Å²) >= 11 is 0. The lowest BCUT2D eigenvalue weighted by Gasteiger charge is -2.41. The zero-order valence-corrected chi connectivity index (χ0v) is 17.4. The molecule has 2 amide bonds. The molecular weight excluding hydrogens is 382 g/mol. The van der Waals surface area contributed by atoms with Crippen LogP contribution in [0.2, 0.25) is 0 Å². The standard InChI is InChI=1S/C22H29N5O3/c1-16-12-20(30-25-16)22(29)26-10-6-19(7-11-26)27-9-3-5-18(15-27)21(28)24-14-17-4-2-8-23-13-17/h2,4,8,12-13,18-19H,3,5-7,9-11,14-15H2,1H3,(H,24,28)/t18-/m0/s1. The molecule has 160 valence electrons. The Bertz CT molecular complexity index is 861. The first-order chi connectivity index (χ1) is 14.6. The van der Waals surface area contributed by atoms with Crippen LogP contribution in [-0.4, -0.2) is 64.0 Å². The summed E-state index contributed by atoms with van der Waals surface area (Å²) < 4.78 is 5.12. The van der Waals surface area contributed by atoms with Gasteiger partial charge >= 0.3 is 0 Å². The minimum atomic E-state index is -0.0830. The van der Waals surface area contributed by atoms with Crippen LogP contribution in [-0.2, 0) is 11.3 Å². The Morgan fingerprint density at radius 3 is 2.77 bits per heavy atom. The van der Waals surface area contributed by atoms with Crippen LogP contribution in [0.1, 0.15) is 47.5 Å². The van der Waals surface area contributed by atoms with Crippen molar-refractivity contribution in [2.45, 2.75) is 45.2 Å². The van der Waals surface area contributed by atoms with E-state index in [0.717, 1.165) is 50.0 Å². The van der Waals surface area contributed by atoms with Gasteiger partial charge in [-0.1, -0.05) is 11.2 Å². The Morgan fingerprint density at radius 1 is 1.23 bits per heavy atom. The summed E-state index contributed by atoms with van der Waals surface area (Å²) in [6.07, 6.45) is 7.31. The molecule has 30 heavy (non-hydrogen) atoms. The number of carbonyl (C=O) groups is 2. The van der Waals surface area contributed by atoms with E-state index in [1.807, 2.05) is 24.0 Å². The van der Waals surface area contributed by atoms with E-state index in [0.29, 0.717) is 31.4 Å². The maximum atomic E-state index is 12.7. The molecule has 2 saturated heterocycles. The summed E-state index contributed by atoms with van der Waals surface area (Å²) in [5.74, 6) is 0.374. The molecule has 0 bridgehead atoms. The molecule has 2 aromatic rings. The minimum Gasteiger partial charge on any atom is -0.352 e. The molecule has 4 rings (SSSR count). The van der Waals surface area contributed by atoms with Crippen molar-refractivity contribution in [1.82, 2.24) is 25.3 Å². The number of aromatic nitrogens is 2. The van der Waals surface area contributed by atoms with Gasteiger partial charge in [0.1, 0.15) is 0 Å². The Hall–Kier alpha value is -2.74. The molecule has 2 fully saturated rings. The summed E-state index contributed by atoms with van der Waals surface area (Å²) in [5, 5.41) is 6.87. The quantitative estimate of drug-likeness (QED) is 0.809. The van der Waals surface area contributed by atoms with Gasteiger partial charge < -0.3 is 14.7 Å². The van der Waals surface area contributed by atoms with Crippen LogP contribution in [0.4, 0.5) is 0 Å². The Balaban J connectivity index is 1.26. The molecule has 0 saturated carbocycles. The number of rotatable bonds is 5. The normalized spacial score (nSPS) is 20.8. The van der Waals surface area contributed by atoms with Gasteiger partial charge in [-0.3, -0.25) is 19.5 Å². The number of nitrogens with one attached hydrogen (secondary N) is 1. The van der Waals surface area contributed by atoms with E-state index in [1.165, 1.54) is 0 Å². The van der Waals surface area contributed by atoms with Crippen LogP contribution in [0.3, 0.4) is 0 Å². The Labute approximate surface area is 176 Å². The summed E-state index contributed by atoms with van der Waals surface area (Å²) in [7, 11) is 0. The topological polar surface area (TPSA) is 91.6 Å². The molecule has 2 aliphatic rings. The number of aryl methyl sites for hydroxylation is 1. The van der Waals surface area contributed by atoms with E-state index < -0.39 is 0 Å². The fourth-order valence-corrected chi connectivity index (χ4v) is 4.44. The molecule has 8 heteroatoms. The third kappa shape index (κ3) is 4.87. The largest absolute Gasteiger partial charge is 0.352 e. The first-order valence-electron chi connectivity index (χ1n) is 10.7. The van der Waals surface area contributed by atoms with Crippen molar-refractivity contribution in [1.29, 1.82) is 0 Å². The average Bonchev–Trinajstić information content (AvgIpc) is 3.24. The van der Waals surface area contributed by atoms with Gasteiger partial charge in [0.2, 0.25) is 11.7 Å². The lowest BCUT2D eigenvalue weighted by molar-refractivity contribution is -0.127. The van der Waals surface area contributed by atoms with Gasteiger partial charge in [-0.2, -0.15) is 0 Å². The maximum Gasteiger partial charge on any atom is 0.292 e. The smallest absolute Gasteiger partial charge is 0.292 e. The molecule has 0 spiro atoms. The lowest BCUT2D eigenvalue weighted by Crippen LogP contribution is -2.51. The Kier molecular flexibility index (Phi) is 6.42. The van der Waals surface area contributed by atoms with Crippen LogP contribution in [0.15, 0.2) is 35.1 Å². The number of hydrogen-bond acceptors (Lipinski definition) is 6. The van der Waals surface area contributed by atoms with Crippen LogP contribution in [0.25, 0.3) is 0 Å². The first kappa shape index (κ1) is 20.5. The van der Waals surface area contributed by atoms with Gasteiger partial charge in [0.15, 0.2) is 0 Å². The highest BCUT2D eigenvalue weighted by Gasteiger charge is 2.33. The summed E-state index contributed by atoms with van der Waals surface area (Å²) in [6, 6.07) is 5.95. The molecule has 0 radical (unpaired) electrons. The molecule has 4 heterocycles. The number of likely N-dealkylation sites (tertiary alicyclic amines) is 2. The maximum absolute atomic E-state index is 12.7. The lowest BCUT2D eigenvalue weighted by atomic mass is 9.93. The zero-order valence-electron chi connectivity index (χ0n) is 17.4. The molecule has 0 aromatic carbocycles. The summed E-state index contributed by atoms with van der Waals surface area (Å²) in [4.78, 5) is 33.6. The van der Waals surface area contributed by atoms with Crippen LogP contribution < -0.4 is 5.32 Å². The van der Waals surface area contributed by atoms with Gasteiger partial charge in [0.25, 0.3) is 5.91 Å². The second-order valence-corrected chi connectivity index (χ2v) is 8.27. The van der Waals surface area contributed by atoms with Crippen molar-refractivity contribution in [3.63, 3.8) is 0 Å². The Morgan fingerprint density at radius 2 is 2.07 bits per heavy atom. The zero-order chi connectivity index (χ0) is 20.9. The number of pyridine rings is 1. The number of nitrogens with zero attached hydrogens (tertiary/aromatic N) is 4. The van der Waals surface area contributed by atoms with E-state index in [2.05, 4.69) is 20.4 Å². The van der Waals surface area contributed by atoms with E-state index in [1.54, 1.807) is 18.5 Å². The molecule has 2 aliphatic heterocycles. The van der Waals surface area contributed by atoms with E-state index in [4.69, 9.17) is 4.52 Å². The van der Waals surface area contributed by atoms with Crippen molar-refractivity contribution < 1.29 is 14.1 Å². The highest BCUT2D eigenvalue weighted by atomic mass is 16.5. The average molecular weight is 412 g/mol.